The third-order valence-electron chi connectivity index (χ3n) is 4.98. The summed E-state index contributed by atoms with van der Waals surface area (Å²) < 4.78 is 13.2. The van der Waals surface area contributed by atoms with Gasteiger partial charge in [0.05, 0.1) is 0 Å². The lowest BCUT2D eigenvalue weighted by molar-refractivity contribution is 0.0923. The van der Waals surface area contributed by atoms with Crippen LogP contribution in [0.15, 0.2) is 95.7 Å². The van der Waals surface area contributed by atoms with Gasteiger partial charge in [-0.2, -0.15) is 14.6 Å². The topological polar surface area (TPSA) is 81.7 Å². The van der Waals surface area contributed by atoms with Crippen LogP contribution >= 0.6 is 0 Å². The van der Waals surface area contributed by atoms with Crippen molar-refractivity contribution in [1.82, 2.24) is 19.9 Å². The maximum atomic E-state index is 13.0. The molecule has 7 heteroatoms. The molecule has 1 N–H and O–H groups in total. The number of nitrogens with zero attached hydrogens (tertiary/aromatic N) is 3. The highest BCUT2D eigenvalue weighted by Gasteiger charge is 2.22. The van der Waals surface area contributed by atoms with Gasteiger partial charge >= 0.3 is 5.84 Å². The summed E-state index contributed by atoms with van der Waals surface area (Å²) in [6, 6.07) is 27.0. The number of carbonyl (C=O) groups is 1. The zero-order chi connectivity index (χ0) is 21.8. The second-order valence-corrected chi connectivity index (χ2v) is 7.24. The van der Waals surface area contributed by atoms with Crippen molar-refractivity contribution < 1.29 is 13.9 Å². The molecular formula is C25H20N4O3. The molecule has 0 spiro atoms. The predicted octanol–water partition coefficient (Wildman–Crippen LogP) is 4.64. The Labute approximate surface area is 184 Å². The van der Waals surface area contributed by atoms with Crippen molar-refractivity contribution in [1.29, 1.82) is 0 Å². The minimum atomic E-state index is -0.322. The molecule has 1 amide bonds. The minimum absolute atomic E-state index is 0.209. The van der Waals surface area contributed by atoms with Gasteiger partial charge in [0.15, 0.2) is 0 Å². The fraction of sp³-hybridized carbons (Fsp3) is 0.0800. The second-order valence-electron chi connectivity index (χ2n) is 7.24. The lowest BCUT2D eigenvalue weighted by Crippen LogP contribution is -2.23. The van der Waals surface area contributed by atoms with Gasteiger partial charge in [0.25, 0.3) is 5.91 Å². The van der Waals surface area contributed by atoms with E-state index in [1.807, 2.05) is 84.9 Å². The zero-order valence-electron chi connectivity index (χ0n) is 17.1. The minimum Gasteiger partial charge on any atom is -0.457 e. The molecule has 32 heavy (non-hydrogen) atoms. The molecular weight excluding hydrogens is 404 g/mol. The highest BCUT2D eigenvalue weighted by molar-refractivity contribution is 5.93. The maximum Gasteiger partial charge on any atom is 0.325 e. The van der Waals surface area contributed by atoms with Crippen molar-refractivity contribution in [3.05, 3.63) is 114 Å². The van der Waals surface area contributed by atoms with Gasteiger partial charge in [-0.05, 0) is 35.4 Å². The van der Waals surface area contributed by atoms with Crippen molar-refractivity contribution in [3.63, 3.8) is 0 Å². The largest absolute Gasteiger partial charge is 0.457 e. The first-order valence-electron chi connectivity index (χ1n) is 10.2. The third kappa shape index (κ3) is 4.22. The Hall–Kier alpha value is -4.39. The molecule has 2 heterocycles. The van der Waals surface area contributed by atoms with E-state index in [0.29, 0.717) is 30.3 Å². The van der Waals surface area contributed by atoms with Crippen LogP contribution in [-0.4, -0.2) is 20.5 Å². The first-order chi connectivity index (χ1) is 15.8. The summed E-state index contributed by atoms with van der Waals surface area (Å²) in [6.07, 6.45) is 1.91. The van der Waals surface area contributed by atoms with Crippen molar-refractivity contribution in [2.45, 2.75) is 13.0 Å². The van der Waals surface area contributed by atoms with E-state index in [-0.39, 0.29) is 11.7 Å². The Morgan fingerprint density at radius 2 is 1.62 bits per heavy atom. The zero-order valence-corrected chi connectivity index (χ0v) is 17.1. The lowest BCUT2D eigenvalue weighted by atomic mass is 10.1. The van der Waals surface area contributed by atoms with Gasteiger partial charge in [0.2, 0.25) is 5.76 Å². The number of hydrogen-bond acceptors (Lipinski definition) is 5. The third-order valence-corrected chi connectivity index (χ3v) is 4.98. The Morgan fingerprint density at radius 1 is 0.906 bits per heavy atom. The van der Waals surface area contributed by atoms with Crippen LogP contribution in [-0.2, 0) is 13.0 Å². The highest BCUT2D eigenvalue weighted by Crippen LogP contribution is 2.22. The number of aromatic nitrogens is 3. The van der Waals surface area contributed by atoms with Crippen LogP contribution in [0.4, 0.5) is 0 Å². The normalized spacial score (nSPS) is 10.9. The lowest BCUT2D eigenvalue weighted by Gasteiger charge is -2.09. The van der Waals surface area contributed by atoms with E-state index in [1.165, 1.54) is 6.33 Å². The number of benzene rings is 3. The molecule has 0 atom stereocenters. The van der Waals surface area contributed by atoms with Gasteiger partial charge in [-0.3, -0.25) is 4.79 Å². The van der Waals surface area contributed by atoms with Gasteiger partial charge in [-0.25, -0.2) is 0 Å². The number of carbonyl (C=O) groups excluding carboxylic acids is 1. The molecule has 0 aliphatic heterocycles. The van der Waals surface area contributed by atoms with Crippen molar-refractivity contribution >= 4 is 11.8 Å². The Bertz CT molecular complexity index is 1340. The van der Waals surface area contributed by atoms with E-state index in [1.54, 1.807) is 4.52 Å². The molecule has 5 aromatic rings. The molecule has 2 aromatic heterocycles. The number of rotatable bonds is 7. The van der Waals surface area contributed by atoms with Gasteiger partial charge in [-0.15, -0.1) is 0 Å². The number of oxazole rings is 1. The number of nitrogens with one attached hydrogen (secondary N) is 1. The van der Waals surface area contributed by atoms with Gasteiger partial charge in [0, 0.05) is 13.0 Å². The number of amides is 1. The van der Waals surface area contributed by atoms with E-state index >= 15 is 0 Å². The summed E-state index contributed by atoms with van der Waals surface area (Å²) in [5, 5.41) is 7.13. The van der Waals surface area contributed by atoms with Crippen LogP contribution in [0, 0.1) is 0 Å². The quantitative estimate of drug-likeness (QED) is 0.412. The molecule has 0 radical (unpaired) electrons. The number of fused-ring (bicyclic) bond motifs is 1. The average molecular weight is 424 g/mol. The Morgan fingerprint density at radius 3 is 2.44 bits per heavy atom. The van der Waals surface area contributed by atoms with Crippen LogP contribution < -0.4 is 10.1 Å². The summed E-state index contributed by atoms with van der Waals surface area (Å²) in [6.45, 7) is 0.325. The fourth-order valence-corrected chi connectivity index (χ4v) is 3.46. The van der Waals surface area contributed by atoms with Gasteiger partial charge in [0.1, 0.15) is 23.5 Å². The highest BCUT2D eigenvalue weighted by atomic mass is 16.5. The molecule has 158 valence electrons. The average Bonchev–Trinajstić information content (AvgIpc) is 3.42. The van der Waals surface area contributed by atoms with Crippen LogP contribution in [0.25, 0.3) is 5.84 Å². The predicted molar refractivity (Wildman–Crippen MR) is 119 cm³/mol. The van der Waals surface area contributed by atoms with E-state index in [2.05, 4.69) is 15.4 Å². The summed E-state index contributed by atoms with van der Waals surface area (Å²) >= 11 is 0. The van der Waals surface area contributed by atoms with Crippen molar-refractivity contribution in [2.24, 2.45) is 0 Å². The van der Waals surface area contributed by atoms with Crippen molar-refractivity contribution in [3.8, 4) is 11.5 Å². The summed E-state index contributed by atoms with van der Waals surface area (Å²) in [7, 11) is 0. The summed E-state index contributed by atoms with van der Waals surface area (Å²) in [5.41, 5.74) is 2.61. The van der Waals surface area contributed by atoms with Crippen LogP contribution in [0.1, 0.15) is 27.4 Å². The molecule has 0 saturated carbocycles. The van der Waals surface area contributed by atoms with E-state index in [0.717, 1.165) is 16.9 Å². The molecule has 0 fully saturated rings. The standard InChI is InChI=1S/C25H20N4O3/c30-24(26-16-19-10-7-13-21(14-19)31-20-11-5-2-6-12-20)23-22(15-18-8-3-1-4-9-18)29-25(32-23)27-17-28-29/h1-14,17H,15-16H2,(H,26,30). The van der Waals surface area contributed by atoms with Gasteiger partial charge in [-0.1, -0.05) is 60.7 Å². The van der Waals surface area contributed by atoms with E-state index in [4.69, 9.17) is 9.15 Å². The monoisotopic (exact) mass is 424 g/mol. The first-order valence-corrected chi connectivity index (χ1v) is 10.2. The maximum absolute atomic E-state index is 13.0. The molecule has 3 aromatic carbocycles. The summed E-state index contributed by atoms with van der Waals surface area (Å²) in [4.78, 5) is 17.1. The van der Waals surface area contributed by atoms with Crippen LogP contribution in [0.3, 0.4) is 0 Å². The van der Waals surface area contributed by atoms with E-state index in [9.17, 15) is 4.79 Å². The van der Waals surface area contributed by atoms with Crippen molar-refractivity contribution in [2.75, 3.05) is 0 Å². The first kappa shape index (κ1) is 19.6. The van der Waals surface area contributed by atoms with Gasteiger partial charge < -0.3 is 14.5 Å². The molecule has 0 bridgehead atoms. The second kappa shape index (κ2) is 8.77. The SMILES string of the molecule is O=C(NCc1cccc(Oc2ccccc2)c1)c1oc2ncnn2c1Cc1ccccc1. The molecule has 0 aliphatic rings. The summed E-state index contributed by atoms with van der Waals surface area (Å²) in [5.74, 6) is 1.64. The van der Waals surface area contributed by atoms with Crippen LogP contribution in [0.5, 0.6) is 11.5 Å². The molecule has 0 aliphatic carbocycles. The fourth-order valence-electron chi connectivity index (χ4n) is 3.46. The molecule has 5 rings (SSSR count). The molecule has 0 saturated heterocycles. The Kier molecular flexibility index (Phi) is 5.36. The van der Waals surface area contributed by atoms with Crippen LogP contribution in [0.2, 0.25) is 0 Å². The number of para-hydroxylation sites is 1. The smallest absolute Gasteiger partial charge is 0.325 e. The Balaban J connectivity index is 1.32. The molecule has 7 nitrogen and oxygen atoms in total. The number of hydrogen-bond donors (Lipinski definition) is 1. The molecule has 0 unspecified atom stereocenters. The van der Waals surface area contributed by atoms with E-state index < -0.39 is 0 Å². The number of ether oxygens (including phenoxy) is 1.